The average molecular weight is 291 g/mol. The topological polar surface area (TPSA) is 57.6 Å². The molecule has 1 amide bonds. The zero-order chi connectivity index (χ0) is 13.5. The molecular weight excluding hydrogens is 270 g/mol. The Hall–Kier alpha value is -0.360. The zero-order valence-corrected chi connectivity index (χ0v) is 12.6. The molecule has 0 aliphatic carbocycles. The van der Waals surface area contributed by atoms with Crippen LogP contribution in [-0.2, 0) is 9.59 Å². The summed E-state index contributed by atoms with van der Waals surface area (Å²) in [7, 11) is 3.48. The van der Waals surface area contributed by atoms with E-state index in [4.69, 9.17) is 5.11 Å². The van der Waals surface area contributed by atoms with Crippen LogP contribution in [0.15, 0.2) is 0 Å². The molecule has 1 N–H and O–H groups in total. The largest absolute Gasteiger partial charge is 0.480 e. The SMILES string of the molecule is CCCSSC[C@@H](C)C(=O)N1CCC[C@H]1C(=O)O. The average Bonchev–Trinajstić information content (AvgIpc) is 2.82. The van der Waals surface area contributed by atoms with Crippen molar-refractivity contribution in [2.75, 3.05) is 18.1 Å². The third kappa shape index (κ3) is 4.39. The van der Waals surface area contributed by atoms with Crippen LogP contribution in [0.1, 0.15) is 33.1 Å². The minimum Gasteiger partial charge on any atom is -0.480 e. The molecule has 1 saturated heterocycles. The third-order valence-corrected chi connectivity index (χ3v) is 5.72. The van der Waals surface area contributed by atoms with Crippen molar-refractivity contribution in [1.29, 1.82) is 0 Å². The lowest BCUT2D eigenvalue weighted by Crippen LogP contribution is -2.43. The summed E-state index contributed by atoms with van der Waals surface area (Å²) >= 11 is 0. The van der Waals surface area contributed by atoms with Gasteiger partial charge in [-0.2, -0.15) is 0 Å². The summed E-state index contributed by atoms with van der Waals surface area (Å²) in [6, 6.07) is -0.603. The van der Waals surface area contributed by atoms with E-state index in [0.29, 0.717) is 13.0 Å². The molecule has 0 aromatic heterocycles. The first-order valence-electron chi connectivity index (χ1n) is 6.35. The number of carboxylic acids is 1. The number of hydrogen-bond donors (Lipinski definition) is 1. The molecule has 1 aliphatic heterocycles. The second-order valence-corrected chi connectivity index (χ2v) is 7.16. The van der Waals surface area contributed by atoms with E-state index < -0.39 is 12.0 Å². The molecule has 0 unspecified atom stereocenters. The Bertz CT molecular complexity index is 299. The second kappa shape index (κ2) is 7.94. The number of carboxylic acid groups (broad SMARTS) is 1. The molecule has 0 aromatic carbocycles. The molecule has 2 atom stereocenters. The van der Waals surface area contributed by atoms with Crippen molar-refractivity contribution < 1.29 is 14.7 Å². The Morgan fingerprint density at radius 3 is 2.78 bits per heavy atom. The maximum atomic E-state index is 12.2. The number of likely N-dealkylation sites (tertiary alicyclic amines) is 1. The summed E-state index contributed by atoms with van der Waals surface area (Å²) in [5.74, 6) is 0.865. The van der Waals surface area contributed by atoms with Crippen LogP contribution in [0.5, 0.6) is 0 Å². The summed E-state index contributed by atoms with van der Waals surface area (Å²) in [6.45, 7) is 4.61. The zero-order valence-electron chi connectivity index (χ0n) is 10.9. The number of rotatable bonds is 7. The molecule has 0 saturated carbocycles. The standard InChI is InChI=1S/C12H21NO3S2/c1-3-7-17-18-8-9(2)11(14)13-6-4-5-10(13)12(15)16/h9-10H,3-8H2,1-2H3,(H,15,16)/t9-,10+/m1/s1. The fourth-order valence-corrected chi connectivity index (χ4v) is 4.42. The fourth-order valence-electron chi connectivity index (χ4n) is 1.93. The van der Waals surface area contributed by atoms with Gasteiger partial charge in [0.15, 0.2) is 0 Å². The summed E-state index contributed by atoms with van der Waals surface area (Å²) in [5.41, 5.74) is 0. The van der Waals surface area contributed by atoms with Gasteiger partial charge in [0, 0.05) is 24.0 Å². The van der Waals surface area contributed by atoms with E-state index in [-0.39, 0.29) is 11.8 Å². The van der Waals surface area contributed by atoms with Crippen molar-refractivity contribution in [1.82, 2.24) is 4.90 Å². The molecule has 6 heteroatoms. The first-order valence-corrected chi connectivity index (χ1v) is 8.84. The number of hydrogen-bond acceptors (Lipinski definition) is 4. The monoisotopic (exact) mass is 291 g/mol. The number of aliphatic carboxylic acids is 1. The van der Waals surface area contributed by atoms with Crippen LogP contribution in [0.4, 0.5) is 0 Å². The second-order valence-electron chi connectivity index (χ2n) is 4.54. The lowest BCUT2D eigenvalue weighted by Gasteiger charge is -2.24. The molecule has 1 heterocycles. The Balaban J connectivity index is 2.40. The van der Waals surface area contributed by atoms with Crippen molar-refractivity contribution >= 4 is 33.5 Å². The summed E-state index contributed by atoms with van der Waals surface area (Å²) in [5, 5.41) is 9.06. The lowest BCUT2D eigenvalue weighted by atomic mass is 10.1. The van der Waals surface area contributed by atoms with Gasteiger partial charge in [0.1, 0.15) is 6.04 Å². The smallest absolute Gasteiger partial charge is 0.326 e. The van der Waals surface area contributed by atoms with Gasteiger partial charge in [-0.1, -0.05) is 35.4 Å². The normalized spacial score (nSPS) is 21.0. The van der Waals surface area contributed by atoms with Crippen LogP contribution >= 0.6 is 21.6 Å². The maximum Gasteiger partial charge on any atom is 0.326 e. The summed E-state index contributed by atoms with van der Waals surface area (Å²) < 4.78 is 0. The fraction of sp³-hybridized carbons (Fsp3) is 0.833. The number of amides is 1. The minimum atomic E-state index is -0.874. The van der Waals surface area contributed by atoms with Crippen molar-refractivity contribution in [3.05, 3.63) is 0 Å². The van der Waals surface area contributed by atoms with Gasteiger partial charge in [-0.05, 0) is 19.3 Å². The molecular formula is C12H21NO3S2. The van der Waals surface area contributed by atoms with Crippen LogP contribution in [0.25, 0.3) is 0 Å². The summed E-state index contributed by atoms with van der Waals surface area (Å²) in [4.78, 5) is 24.7. The van der Waals surface area contributed by atoms with Crippen molar-refractivity contribution in [2.24, 2.45) is 5.92 Å². The van der Waals surface area contributed by atoms with Gasteiger partial charge in [-0.3, -0.25) is 4.79 Å². The molecule has 4 nitrogen and oxygen atoms in total. The van der Waals surface area contributed by atoms with E-state index >= 15 is 0 Å². The van der Waals surface area contributed by atoms with Gasteiger partial charge >= 0.3 is 5.97 Å². The van der Waals surface area contributed by atoms with Gasteiger partial charge in [-0.15, -0.1) is 0 Å². The molecule has 0 bridgehead atoms. The number of carbonyl (C=O) groups excluding carboxylic acids is 1. The Labute approximate surface area is 116 Å². The predicted molar refractivity (Wildman–Crippen MR) is 76.7 cm³/mol. The number of nitrogens with zero attached hydrogens (tertiary/aromatic N) is 1. The lowest BCUT2D eigenvalue weighted by molar-refractivity contribution is -0.149. The predicted octanol–water partition coefficient (Wildman–Crippen LogP) is 2.49. The van der Waals surface area contributed by atoms with Crippen molar-refractivity contribution in [3.8, 4) is 0 Å². The molecule has 1 fully saturated rings. The highest BCUT2D eigenvalue weighted by Crippen LogP contribution is 2.27. The quantitative estimate of drug-likeness (QED) is 0.577. The van der Waals surface area contributed by atoms with Crippen LogP contribution in [0.3, 0.4) is 0 Å². The van der Waals surface area contributed by atoms with Crippen LogP contribution in [0.2, 0.25) is 0 Å². The molecule has 0 radical (unpaired) electrons. The number of carbonyl (C=O) groups is 2. The van der Waals surface area contributed by atoms with Gasteiger partial charge in [0.25, 0.3) is 0 Å². The van der Waals surface area contributed by atoms with Gasteiger partial charge < -0.3 is 10.0 Å². The van der Waals surface area contributed by atoms with Gasteiger partial charge in [0.05, 0.1) is 0 Å². The van der Waals surface area contributed by atoms with Crippen LogP contribution in [0, 0.1) is 5.92 Å². The molecule has 18 heavy (non-hydrogen) atoms. The Morgan fingerprint density at radius 2 is 2.17 bits per heavy atom. The van der Waals surface area contributed by atoms with Crippen molar-refractivity contribution in [2.45, 2.75) is 39.2 Å². The van der Waals surface area contributed by atoms with E-state index in [2.05, 4.69) is 6.92 Å². The first-order chi connectivity index (χ1) is 8.57. The van der Waals surface area contributed by atoms with Crippen LogP contribution < -0.4 is 0 Å². The Morgan fingerprint density at radius 1 is 1.44 bits per heavy atom. The minimum absolute atomic E-state index is 0.00972. The maximum absolute atomic E-state index is 12.2. The highest BCUT2D eigenvalue weighted by molar-refractivity contribution is 8.76. The Kier molecular flexibility index (Phi) is 6.92. The van der Waals surface area contributed by atoms with Crippen LogP contribution in [-0.4, -0.2) is 46.0 Å². The van der Waals surface area contributed by atoms with E-state index in [1.807, 2.05) is 6.92 Å². The molecule has 1 rings (SSSR count). The highest BCUT2D eigenvalue weighted by Gasteiger charge is 2.35. The highest BCUT2D eigenvalue weighted by atomic mass is 33.1. The molecule has 1 aliphatic rings. The molecule has 104 valence electrons. The summed E-state index contributed by atoms with van der Waals surface area (Å²) in [6.07, 6.45) is 2.52. The van der Waals surface area contributed by atoms with Gasteiger partial charge in [-0.25, -0.2) is 4.79 Å². The van der Waals surface area contributed by atoms with E-state index in [1.54, 1.807) is 21.6 Å². The first kappa shape index (κ1) is 15.7. The van der Waals surface area contributed by atoms with Crippen molar-refractivity contribution in [3.63, 3.8) is 0 Å². The van der Waals surface area contributed by atoms with E-state index in [0.717, 1.165) is 24.3 Å². The molecule has 0 spiro atoms. The molecule has 0 aromatic rings. The van der Waals surface area contributed by atoms with E-state index in [9.17, 15) is 9.59 Å². The van der Waals surface area contributed by atoms with Gasteiger partial charge in [0.2, 0.25) is 5.91 Å². The van der Waals surface area contributed by atoms with E-state index in [1.165, 1.54) is 4.90 Å². The third-order valence-electron chi connectivity index (χ3n) is 2.93.